The third-order valence-electron chi connectivity index (χ3n) is 3.93. The van der Waals surface area contributed by atoms with Crippen LogP contribution in [0.4, 0.5) is 0 Å². The topological polar surface area (TPSA) is 3.24 Å². The average Bonchev–Trinajstić information content (AvgIpc) is 2.82. The van der Waals surface area contributed by atoms with Crippen molar-refractivity contribution in [3.05, 3.63) is 0 Å². The van der Waals surface area contributed by atoms with Crippen LogP contribution in [0, 0.1) is 5.92 Å². The highest BCUT2D eigenvalue weighted by Gasteiger charge is 2.58. The molecule has 1 saturated carbocycles. The number of nitrogens with zero attached hydrogens (tertiary/aromatic N) is 1. The Morgan fingerprint density at radius 2 is 1.82 bits per heavy atom. The van der Waals surface area contributed by atoms with Crippen molar-refractivity contribution in [3.8, 4) is 0 Å². The summed E-state index contributed by atoms with van der Waals surface area (Å²) in [5, 5.41) is 0.713. The Bertz CT molecular complexity index is 176. The summed E-state index contributed by atoms with van der Waals surface area (Å²) in [7, 11) is 0. The highest BCUT2D eigenvalue weighted by Crippen LogP contribution is 2.55. The highest BCUT2D eigenvalue weighted by atomic mass is 32.1. The lowest BCUT2D eigenvalue weighted by atomic mass is 9.81. The van der Waals surface area contributed by atoms with Crippen molar-refractivity contribution in [2.24, 2.45) is 5.92 Å². The van der Waals surface area contributed by atoms with Crippen molar-refractivity contribution in [1.29, 1.82) is 0 Å². The number of hydrogen-bond acceptors (Lipinski definition) is 2. The molecule has 62 valence electrons. The van der Waals surface area contributed by atoms with E-state index in [0.29, 0.717) is 10.8 Å². The fourth-order valence-corrected chi connectivity index (χ4v) is 3.75. The van der Waals surface area contributed by atoms with Crippen LogP contribution in [0.1, 0.15) is 25.7 Å². The molecule has 1 spiro atoms. The van der Waals surface area contributed by atoms with Crippen molar-refractivity contribution in [3.63, 3.8) is 0 Å². The van der Waals surface area contributed by atoms with E-state index >= 15 is 0 Å². The van der Waals surface area contributed by atoms with Gasteiger partial charge >= 0.3 is 0 Å². The predicted octanol–water partition coefficient (Wildman–Crippen LogP) is 1.54. The van der Waals surface area contributed by atoms with Gasteiger partial charge in [-0.05, 0) is 44.7 Å². The Morgan fingerprint density at radius 3 is 2.18 bits per heavy atom. The zero-order chi connectivity index (χ0) is 7.47. The van der Waals surface area contributed by atoms with Gasteiger partial charge in [0.05, 0.1) is 0 Å². The van der Waals surface area contributed by atoms with Crippen LogP contribution in [0.25, 0.3) is 0 Å². The zero-order valence-electron chi connectivity index (χ0n) is 6.79. The number of piperidine rings is 3. The third kappa shape index (κ3) is 0.726. The molecule has 0 aromatic carbocycles. The van der Waals surface area contributed by atoms with Crippen LogP contribution in [0.5, 0.6) is 0 Å². The maximum absolute atomic E-state index is 4.77. The molecular weight excluding hydrogens is 154 g/mol. The highest BCUT2D eigenvalue weighted by molar-refractivity contribution is 7.81. The van der Waals surface area contributed by atoms with Crippen LogP contribution < -0.4 is 0 Å². The average molecular weight is 169 g/mol. The lowest BCUT2D eigenvalue weighted by molar-refractivity contribution is 0.0420. The molecule has 0 aromatic rings. The molecule has 3 saturated heterocycles. The Hall–Kier alpha value is 0.310. The van der Waals surface area contributed by atoms with Crippen molar-refractivity contribution in [2.45, 2.75) is 36.5 Å². The molecule has 0 radical (unpaired) electrons. The Kier molecular flexibility index (Phi) is 1.21. The molecule has 1 nitrogen and oxygen atoms in total. The van der Waals surface area contributed by atoms with Gasteiger partial charge in [-0.15, -0.1) is 0 Å². The molecule has 1 unspecified atom stereocenters. The number of fused-ring (bicyclic) bond motifs is 2. The van der Waals surface area contributed by atoms with Gasteiger partial charge in [0.25, 0.3) is 0 Å². The Labute approximate surface area is 73.6 Å². The lowest BCUT2D eigenvalue weighted by Crippen LogP contribution is -2.57. The molecule has 3 heterocycles. The van der Waals surface area contributed by atoms with E-state index in [1.807, 2.05) is 0 Å². The quantitative estimate of drug-likeness (QED) is 0.538. The van der Waals surface area contributed by atoms with Gasteiger partial charge in [-0.1, -0.05) is 0 Å². The fraction of sp³-hybridized carbons (Fsp3) is 1.00. The third-order valence-corrected chi connectivity index (χ3v) is 4.83. The zero-order valence-corrected chi connectivity index (χ0v) is 7.69. The first-order valence-electron chi connectivity index (χ1n) is 4.76. The van der Waals surface area contributed by atoms with Gasteiger partial charge < -0.3 is 0 Å². The maximum atomic E-state index is 4.77. The smallest absolute Gasteiger partial charge is 0.0329 e. The van der Waals surface area contributed by atoms with Crippen LogP contribution in [0.3, 0.4) is 0 Å². The van der Waals surface area contributed by atoms with Crippen LogP contribution >= 0.6 is 12.6 Å². The minimum atomic E-state index is 0.601. The molecule has 4 fully saturated rings. The van der Waals surface area contributed by atoms with Gasteiger partial charge in [-0.2, -0.15) is 12.6 Å². The molecule has 2 heteroatoms. The first kappa shape index (κ1) is 6.79. The molecule has 11 heavy (non-hydrogen) atoms. The number of hydrogen-bond donors (Lipinski definition) is 1. The predicted molar refractivity (Wildman–Crippen MR) is 49.0 cm³/mol. The first-order chi connectivity index (χ1) is 5.33. The van der Waals surface area contributed by atoms with E-state index < -0.39 is 0 Å². The van der Waals surface area contributed by atoms with E-state index in [-0.39, 0.29) is 0 Å². The van der Waals surface area contributed by atoms with Crippen LogP contribution in [0.2, 0.25) is 0 Å². The minimum absolute atomic E-state index is 0.601. The van der Waals surface area contributed by atoms with E-state index in [0.717, 1.165) is 5.92 Å². The fourth-order valence-electron chi connectivity index (χ4n) is 3.03. The van der Waals surface area contributed by atoms with Gasteiger partial charge in [-0.25, -0.2) is 0 Å². The normalized spacial score (nSPS) is 51.5. The molecule has 1 atom stereocenters. The second-order valence-electron chi connectivity index (χ2n) is 4.37. The molecule has 0 aromatic heterocycles. The summed E-state index contributed by atoms with van der Waals surface area (Å²) in [6.07, 6.45) is 5.68. The summed E-state index contributed by atoms with van der Waals surface area (Å²) >= 11 is 4.77. The van der Waals surface area contributed by atoms with Gasteiger partial charge in [-0.3, -0.25) is 4.90 Å². The van der Waals surface area contributed by atoms with Crippen molar-refractivity contribution in [2.75, 3.05) is 13.1 Å². The van der Waals surface area contributed by atoms with Crippen molar-refractivity contribution < 1.29 is 0 Å². The molecule has 4 rings (SSSR count). The van der Waals surface area contributed by atoms with E-state index in [4.69, 9.17) is 12.6 Å². The van der Waals surface area contributed by atoms with Crippen molar-refractivity contribution >= 4 is 12.6 Å². The molecule has 2 bridgehead atoms. The van der Waals surface area contributed by atoms with Crippen LogP contribution in [-0.4, -0.2) is 28.8 Å². The second-order valence-corrected chi connectivity index (χ2v) is 4.93. The minimum Gasteiger partial charge on any atom is -0.297 e. The summed E-state index contributed by atoms with van der Waals surface area (Å²) in [6, 6.07) is 0. The number of rotatable bonds is 0. The number of thiol groups is 1. The molecule has 4 aliphatic rings. The van der Waals surface area contributed by atoms with Crippen LogP contribution in [-0.2, 0) is 0 Å². The van der Waals surface area contributed by atoms with Gasteiger partial charge in [0.2, 0.25) is 0 Å². The molecule has 0 N–H and O–H groups in total. The van der Waals surface area contributed by atoms with E-state index in [1.54, 1.807) is 0 Å². The van der Waals surface area contributed by atoms with E-state index in [9.17, 15) is 0 Å². The standard InChI is InChI=1S/C9H15NS/c11-8-7-1-5-10(6-2-7)9(8)3-4-9/h7-8,11H,1-6H2. The van der Waals surface area contributed by atoms with E-state index in [1.165, 1.54) is 38.8 Å². The lowest BCUT2D eigenvalue weighted by Gasteiger charge is -2.50. The monoisotopic (exact) mass is 169 g/mol. The van der Waals surface area contributed by atoms with Gasteiger partial charge in [0.1, 0.15) is 0 Å². The van der Waals surface area contributed by atoms with Gasteiger partial charge in [0.15, 0.2) is 0 Å². The maximum Gasteiger partial charge on any atom is 0.0329 e. The molecule has 3 aliphatic heterocycles. The Morgan fingerprint density at radius 1 is 1.18 bits per heavy atom. The van der Waals surface area contributed by atoms with Crippen molar-refractivity contribution in [1.82, 2.24) is 4.90 Å². The molecule has 0 amide bonds. The van der Waals surface area contributed by atoms with Gasteiger partial charge in [0, 0.05) is 10.8 Å². The largest absolute Gasteiger partial charge is 0.297 e. The SMILES string of the molecule is SC1C2CCN(CC2)C12CC2. The van der Waals surface area contributed by atoms with E-state index in [2.05, 4.69) is 4.90 Å². The van der Waals surface area contributed by atoms with Crippen LogP contribution in [0.15, 0.2) is 0 Å². The summed E-state index contributed by atoms with van der Waals surface area (Å²) < 4.78 is 0. The summed E-state index contributed by atoms with van der Waals surface area (Å²) in [6.45, 7) is 2.73. The molecular formula is C9H15NS. The second kappa shape index (κ2) is 1.97. The first-order valence-corrected chi connectivity index (χ1v) is 5.28. The summed E-state index contributed by atoms with van der Waals surface area (Å²) in [5.41, 5.74) is 0.601. The summed E-state index contributed by atoms with van der Waals surface area (Å²) in [4.78, 5) is 2.70. The summed E-state index contributed by atoms with van der Waals surface area (Å²) in [5.74, 6) is 0.950. The Balaban J connectivity index is 1.95. The molecule has 1 aliphatic carbocycles.